The number of rotatable bonds is 9. The van der Waals surface area contributed by atoms with Crippen molar-refractivity contribution in [2.24, 2.45) is 0 Å². The van der Waals surface area contributed by atoms with Crippen LogP contribution in [0.4, 0.5) is 27.6 Å². The van der Waals surface area contributed by atoms with Crippen molar-refractivity contribution in [2.75, 3.05) is 6.61 Å². The molecule has 0 aromatic heterocycles. The van der Waals surface area contributed by atoms with E-state index in [1.165, 1.54) is 6.92 Å². The molecule has 1 saturated carbocycles. The largest absolute Gasteiger partial charge is 0.462 e. The molecule has 1 aromatic carbocycles. The summed E-state index contributed by atoms with van der Waals surface area (Å²) in [5.41, 5.74) is -4.72. The van der Waals surface area contributed by atoms with Crippen LogP contribution in [0.3, 0.4) is 0 Å². The predicted molar refractivity (Wildman–Crippen MR) is 84.8 cm³/mol. The van der Waals surface area contributed by atoms with E-state index in [9.17, 15) is 41.7 Å². The lowest BCUT2D eigenvalue weighted by Crippen LogP contribution is -2.23. The number of ether oxygens (including phenoxy) is 2. The van der Waals surface area contributed by atoms with Crippen LogP contribution < -0.4 is 10.1 Å². The van der Waals surface area contributed by atoms with Crippen LogP contribution in [-0.2, 0) is 9.53 Å². The number of hydrogen-bond donors (Lipinski definition) is 1. The monoisotopic (exact) mass is 424 g/mol. The number of hydrogen-bond acceptors (Lipinski definition) is 7. The summed E-state index contributed by atoms with van der Waals surface area (Å²) in [6.07, 6.45) is 2.13. The summed E-state index contributed by atoms with van der Waals surface area (Å²) in [6.45, 7) is -2.71. The third kappa shape index (κ3) is 4.78. The van der Waals surface area contributed by atoms with Crippen molar-refractivity contribution in [1.29, 1.82) is 0 Å². The number of carbonyl (C=O) groups excluding carboxylic acids is 2. The predicted octanol–water partition coefficient (Wildman–Crippen LogP) is 3.00. The van der Waals surface area contributed by atoms with E-state index in [0.717, 1.165) is 6.20 Å². The van der Waals surface area contributed by atoms with Crippen molar-refractivity contribution in [3.63, 3.8) is 0 Å². The number of ketones is 1. The first-order valence-corrected chi connectivity index (χ1v) is 8.07. The standard InChI is InChI=1S/C16H13F5N2O6/c1-2-28-15(25)7(5-22-6-3-4-6)13(24)8-9(17)14(29-16(20)21)11(19)10(18)12(8)23(26)27/h5-6,16,22H,2-4H2,1H3. The summed E-state index contributed by atoms with van der Waals surface area (Å²) < 4.78 is 75.5. The van der Waals surface area contributed by atoms with Crippen LogP contribution in [0.25, 0.3) is 0 Å². The second-order valence-corrected chi connectivity index (χ2v) is 5.68. The number of esters is 1. The molecule has 13 heteroatoms. The first-order chi connectivity index (χ1) is 13.6. The van der Waals surface area contributed by atoms with Crippen molar-refractivity contribution >= 4 is 17.4 Å². The third-order valence-electron chi connectivity index (χ3n) is 3.65. The highest BCUT2D eigenvalue weighted by molar-refractivity contribution is 6.25. The van der Waals surface area contributed by atoms with Gasteiger partial charge in [0.2, 0.25) is 23.2 Å². The number of nitro benzene ring substituents is 1. The normalized spacial score (nSPS) is 14.0. The first kappa shape index (κ1) is 22.0. The maximum Gasteiger partial charge on any atom is 0.387 e. The molecule has 0 spiro atoms. The Morgan fingerprint density at radius 1 is 1.24 bits per heavy atom. The second-order valence-electron chi connectivity index (χ2n) is 5.68. The van der Waals surface area contributed by atoms with Gasteiger partial charge in [-0.2, -0.15) is 17.6 Å². The van der Waals surface area contributed by atoms with Gasteiger partial charge >= 0.3 is 18.3 Å². The zero-order valence-electron chi connectivity index (χ0n) is 14.6. The summed E-state index contributed by atoms with van der Waals surface area (Å²) in [6, 6.07) is -0.130. The fraction of sp³-hybridized carbons (Fsp3) is 0.375. The smallest absolute Gasteiger partial charge is 0.387 e. The Labute approximate surface area is 159 Å². The van der Waals surface area contributed by atoms with Crippen LogP contribution >= 0.6 is 0 Å². The van der Waals surface area contributed by atoms with Crippen molar-refractivity contribution in [1.82, 2.24) is 5.32 Å². The maximum atomic E-state index is 14.6. The van der Waals surface area contributed by atoms with Gasteiger partial charge in [0.15, 0.2) is 5.82 Å². The fourth-order valence-corrected chi connectivity index (χ4v) is 2.21. The van der Waals surface area contributed by atoms with Gasteiger partial charge in [0.25, 0.3) is 0 Å². The molecule has 1 N–H and O–H groups in total. The molecule has 1 fully saturated rings. The van der Waals surface area contributed by atoms with Crippen LogP contribution in [0.2, 0.25) is 0 Å². The zero-order chi connectivity index (χ0) is 21.9. The highest BCUT2D eigenvalue weighted by Gasteiger charge is 2.40. The minimum atomic E-state index is -3.83. The van der Waals surface area contributed by atoms with Gasteiger partial charge in [-0.15, -0.1) is 0 Å². The topological polar surface area (TPSA) is 108 Å². The molecule has 0 radical (unpaired) electrons. The summed E-state index contributed by atoms with van der Waals surface area (Å²) in [5, 5.41) is 13.7. The molecular formula is C16H13F5N2O6. The lowest BCUT2D eigenvalue weighted by atomic mass is 10.00. The van der Waals surface area contributed by atoms with E-state index in [2.05, 4.69) is 14.8 Å². The number of carbonyl (C=O) groups is 2. The Kier molecular flexibility index (Phi) is 6.72. The van der Waals surface area contributed by atoms with Gasteiger partial charge in [0, 0.05) is 12.2 Å². The number of nitrogens with one attached hydrogen (secondary N) is 1. The van der Waals surface area contributed by atoms with Crippen LogP contribution in [0.1, 0.15) is 30.1 Å². The molecule has 29 heavy (non-hydrogen) atoms. The SMILES string of the molecule is CCOC(=O)C(=CNC1CC1)C(=O)c1c(F)c(OC(F)F)c(F)c(F)c1[N+](=O)[O-]. The molecule has 2 rings (SSSR count). The van der Waals surface area contributed by atoms with Gasteiger partial charge in [0.05, 0.1) is 11.5 Å². The minimum absolute atomic E-state index is 0.130. The number of nitro groups is 1. The summed E-state index contributed by atoms with van der Waals surface area (Å²) >= 11 is 0. The van der Waals surface area contributed by atoms with Gasteiger partial charge in [-0.25, -0.2) is 9.18 Å². The quantitative estimate of drug-likeness (QED) is 0.0747. The Morgan fingerprint density at radius 3 is 2.34 bits per heavy atom. The molecule has 1 aliphatic rings. The molecule has 8 nitrogen and oxygen atoms in total. The van der Waals surface area contributed by atoms with Gasteiger partial charge in [-0.3, -0.25) is 14.9 Å². The molecule has 0 saturated heterocycles. The zero-order valence-corrected chi connectivity index (χ0v) is 14.6. The molecule has 1 aromatic rings. The maximum absolute atomic E-state index is 14.6. The highest BCUT2D eigenvalue weighted by Crippen LogP contribution is 2.37. The van der Waals surface area contributed by atoms with Crippen LogP contribution in [0.5, 0.6) is 5.75 Å². The van der Waals surface area contributed by atoms with Gasteiger partial charge in [-0.1, -0.05) is 0 Å². The van der Waals surface area contributed by atoms with E-state index in [4.69, 9.17) is 0 Å². The van der Waals surface area contributed by atoms with Crippen LogP contribution in [0, 0.1) is 27.6 Å². The van der Waals surface area contributed by atoms with Crippen molar-refractivity contribution < 1.29 is 45.9 Å². The summed E-state index contributed by atoms with van der Waals surface area (Å²) in [5.74, 6) is -12.3. The lowest BCUT2D eigenvalue weighted by molar-refractivity contribution is -0.388. The number of alkyl halides is 2. The molecule has 1 aliphatic carbocycles. The van der Waals surface area contributed by atoms with E-state index < -0.39 is 63.3 Å². The number of halogens is 5. The fourth-order valence-electron chi connectivity index (χ4n) is 2.21. The van der Waals surface area contributed by atoms with E-state index in [1.807, 2.05) is 0 Å². The van der Waals surface area contributed by atoms with E-state index in [0.29, 0.717) is 12.8 Å². The van der Waals surface area contributed by atoms with Crippen LogP contribution in [0.15, 0.2) is 11.8 Å². The molecule has 0 unspecified atom stereocenters. The Hall–Kier alpha value is -3.25. The van der Waals surface area contributed by atoms with E-state index >= 15 is 0 Å². The second kappa shape index (κ2) is 8.84. The van der Waals surface area contributed by atoms with Gasteiger partial charge in [-0.05, 0) is 19.8 Å². The average molecular weight is 424 g/mol. The summed E-state index contributed by atoms with van der Waals surface area (Å²) in [4.78, 5) is 34.2. The molecule has 0 aliphatic heterocycles. The molecule has 0 bridgehead atoms. The van der Waals surface area contributed by atoms with Crippen LogP contribution in [-0.4, -0.2) is 35.9 Å². The first-order valence-electron chi connectivity index (χ1n) is 8.07. The van der Waals surface area contributed by atoms with Crippen molar-refractivity contribution in [3.05, 3.63) is 44.9 Å². The highest BCUT2D eigenvalue weighted by atomic mass is 19.3. The number of benzene rings is 1. The number of Topliss-reactive ketones (excluding diaryl/α,β-unsaturated/α-hetero) is 1. The Bertz CT molecular complexity index is 885. The molecule has 0 amide bonds. The Balaban J connectivity index is 2.68. The number of nitrogens with zero attached hydrogens (tertiary/aromatic N) is 1. The Morgan fingerprint density at radius 2 is 1.86 bits per heavy atom. The lowest BCUT2D eigenvalue weighted by Gasteiger charge is -2.13. The van der Waals surface area contributed by atoms with Crippen molar-refractivity contribution in [2.45, 2.75) is 32.4 Å². The van der Waals surface area contributed by atoms with E-state index in [-0.39, 0.29) is 12.6 Å². The average Bonchev–Trinajstić information content (AvgIpc) is 3.45. The van der Waals surface area contributed by atoms with Gasteiger partial charge in [0.1, 0.15) is 11.1 Å². The van der Waals surface area contributed by atoms with E-state index in [1.54, 1.807) is 0 Å². The van der Waals surface area contributed by atoms with Crippen molar-refractivity contribution in [3.8, 4) is 5.75 Å². The van der Waals surface area contributed by atoms with Gasteiger partial charge < -0.3 is 14.8 Å². The summed E-state index contributed by atoms with van der Waals surface area (Å²) in [7, 11) is 0. The molecular weight excluding hydrogens is 411 g/mol. The molecule has 0 heterocycles. The third-order valence-corrected chi connectivity index (χ3v) is 3.65. The molecule has 158 valence electrons. The minimum Gasteiger partial charge on any atom is -0.462 e. The molecule has 0 atom stereocenters.